The summed E-state index contributed by atoms with van der Waals surface area (Å²) in [6.45, 7) is 2.89. The van der Waals surface area contributed by atoms with Crippen LogP contribution in [-0.4, -0.2) is 42.2 Å². The number of methoxy groups -OCH3 is 1. The lowest BCUT2D eigenvalue weighted by Crippen LogP contribution is -2.51. The molecule has 2 amide bonds. The Balaban J connectivity index is 1.84. The topological polar surface area (TPSA) is 58.6 Å². The highest BCUT2D eigenvalue weighted by Crippen LogP contribution is 2.21. The number of hydrogen-bond acceptors (Lipinski definition) is 4. The molecular formula is C29H33ClN2O3S. The summed E-state index contributed by atoms with van der Waals surface area (Å²) in [4.78, 5) is 28.7. The number of benzene rings is 3. The minimum absolute atomic E-state index is 0.0793. The van der Waals surface area contributed by atoms with Gasteiger partial charge in [-0.2, -0.15) is 0 Å². The first-order valence-corrected chi connectivity index (χ1v) is 13.6. The second-order valence-electron chi connectivity index (χ2n) is 8.49. The molecule has 0 saturated carbocycles. The Morgan fingerprint density at radius 2 is 1.69 bits per heavy atom. The summed E-state index contributed by atoms with van der Waals surface area (Å²) in [5.41, 5.74) is 3.01. The van der Waals surface area contributed by atoms with Gasteiger partial charge < -0.3 is 15.0 Å². The van der Waals surface area contributed by atoms with Crippen molar-refractivity contribution in [3.63, 3.8) is 0 Å². The molecule has 1 atom stereocenters. The first-order valence-electron chi connectivity index (χ1n) is 12.1. The molecule has 0 heterocycles. The normalized spacial score (nSPS) is 11.5. The zero-order valence-corrected chi connectivity index (χ0v) is 22.4. The highest BCUT2D eigenvalue weighted by atomic mass is 35.5. The number of nitrogens with one attached hydrogen (secondary N) is 1. The molecule has 1 N–H and O–H groups in total. The summed E-state index contributed by atoms with van der Waals surface area (Å²) in [6, 6.07) is 24.4. The van der Waals surface area contributed by atoms with E-state index in [0.29, 0.717) is 36.0 Å². The maximum Gasteiger partial charge on any atom is 0.243 e. The number of rotatable bonds is 13. The summed E-state index contributed by atoms with van der Waals surface area (Å²) < 4.78 is 5.38. The Hall–Kier alpha value is -2.96. The molecule has 5 nitrogen and oxygen atoms in total. The first-order chi connectivity index (χ1) is 17.5. The van der Waals surface area contributed by atoms with E-state index in [0.717, 1.165) is 23.1 Å². The third-order valence-electron chi connectivity index (χ3n) is 5.71. The lowest BCUT2D eigenvalue weighted by Gasteiger charge is -2.31. The van der Waals surface area contributed by atoms with Crippen LogP contribution in [0.15, 0.2) is 78.9 Å². The van der Waals surface area contributed by atoms with Crippen LogP contribution in [0, 0.1) is 0 Å². The molecule has 0 aromatic heterocycles. The van der Waals surface area contributed by atoms with E-state index in [9.17, 15) is 9.59 Å². The predicted octanol–water partition coefficient (Wildman–Crippen LogP) is 5.75. The van der Waals surface area contributed by atoms with Gasteiger partial charge in [-0.25, -0.2) is 0 Å². The number of hydrogen-bond donors (Lipinski definition) is 1. The molecule has 0 aliphatic rings. The van der Waals surface area contributed by atoms with Crippen molar-refractivity contribution in [1.29, 1.82) is 0 Å². The summed E-state index contributed by atoms with van der Waals surface area (Å²) in [6.07, 6.45) is 1.26. The second-order valence-corrected chi connectivity index (χ2v) is 9.91. The highest BCUT2D eigenvalue weighted by Gasteiger charge is 2.30. The number of amides is 2. The molecule has 0 radical (unpaired) electrons. The third kappa shape index (κ3) is 8.61. The van der Waals surface area contributed by atoms with Crippen LogP contribution >= 0.6 is 23.4 Å². The van der Waals surface area contributed by atoms with Gasteiger partial charge in [-0.3, -0.25) is 9.59 Å². The molecule has 3 aromatic carbocycles. The van der Waals surface area contributed by atoms with Crippen LogP contribution in [0.1, 0.15) is 30.0 Å². The summed E-state index contributed by atoms with van der Waals surface area (Å²) in [5, 5.41) is 3.69. The van der Waals surface area contributed by atoms with E-state index in [-0.39, 0.29) is 17.6 Å². The number of thioether (sulfide) groups is 1. The Bertz CT molecular complexity index is 1110. The van der Waals surface area contributed by atoms with E-state index in [2.05, 4.69) is 5.32 Å². The quantitative estimate of drug-likeness (QED) is 0.309. The van der Waals surface area contributed by atoms with E-state index in [1.54, 1.807) is 12.0 Å². The number of ether oxygens (including phenoxy) is 1. The molecule has 0 bridgehead atoms. The van der Waals surface area contributed by atoms with Crippen LogP contribution < -0.4 is 10.1 Å². The molecular weight excluding hydrogens is 492 g/mol. The molecule has 0 aliphatic heterocycles. The molecule has 190 valence electrons. The molecule has 0 spiro atoms. The van der Waals surface area contributed by atoms with Crippen molar-refractivity contribution in [1.82, 2.24) is 10.2 Å². The van der Waals surface area contributed by atoms with E-state index in [1.807, 2.05) is 85.8 Å². The molecule has 3 rings (SSSR count). The molecule has 0 unspecified atom stereocenters. The van der Waals surface area contributed by atoms with Crippen LogP contribution in [-0.2, 0) is 28.3 Å². The van der Waals surface area contributed by atoms with E-state index in [1.165, 1.54) is 11.8 Å². The van der Waals surface area contributed by atoms with Gasteiger partial charge in [-0.05, 0) is 47.4 Å². The van der Waals surface area contributed by atoms with Crippen LogP contribution in [0.5, 0.6) is 5.75 Å². The highest BCUT2D eigenvalue weighted by molar-refractivity contribution is 7.99. The maximum absolute atomic E-state index is 13.6. The van der Waals surface area contributed by atoms with Crippen LogP contribution in [0.4, 0.5) is 0 Å². The summed E-state index contributed by atoms with van der Waals surface area (Å²) >= 11 is 7.52. The van der Waals surface area contributed by atoms with Crippen molar-refractivity contribution in [3.05, 3.63) is 101 Å². The van der Waals surface area contributed by atoms with Crippen molar-refractivity contribution >= 4 is 35.2 Å². The molecule has 0 saturated heterocycles. The largest absolute Gasteiger partial charge is 0.497 e. The van der Waals surface area contributed by atoms with Crippen molar-refractivity contribution in [2.75, 3.05) is 19.4 Å². The Labute approximate surface area is 223 Å². The van der Waals surface area contributed by atoms with Gasteiger partial charge in [0, 0.05) is 30.3 Å². The lowest BCUT2D eigenvalue weighted by molar-refractivity contribution is -0.139. The first kappa shape index (κ1) is 27.6. The fourth-order valence-corrected chi connectivity index (χ4v) is 4.80. The minimum Gasteiger partial charge on any atom is -0.497 e. The van der Waals surface area contributed by atoms with Crippen LogP contribution in [0.3, 0.4) is 0 Å². The second kappa shape index (κ2) is 14.6. The number of nitrogens with zero attached hydrogens (tertiary/aromatic N) is 1. The smallest absolute Gasteiger partial charge is 0.243 e. The number of carbonyl (C=O) groups excluding carboxylic acids is 2. The molecule has 36 heavy (non-hydrogen) atoms. The van der Waals surface area contributed by atoms with Crippen LogP contribution in [0.2, 0.25) is 5.02 Å². The predicted molar refractivity (Wildman–Crippen MR) is 148 cm³/mol. The van der Waals surface area contributed by atoms with Gasteiger partial charge in [-0.1, -0.05) is 73.1 Å². The zero-order valence-electron chi connectivity index (χ0n) is 20.8. The van der Waals surface area contributed by atoms with Gasteiger partial charge in [0.15, 0.2) is 0 Å². The summed E-state index contributed by atoms with van der Waals surface area (Å²) in [5.74, 6) is 1.44. The molecule has 0 fully saturated rings. The SMILES string of the molecule is CCCNC(=O)[C@@H](Cc1ccccc1)N(Cc1cccc(OC)c1)C(=O)CSCc1ccc(Cl)cc1. The molecule has 7 heteroatoms. The molecule has 0 aliphatic carbocycles. The Morgan fingerprint density at radius 1 is 0.972 bits per heavy atom. The van der Waals surface area contributed by atoms with E-state index < -0.39 is 6.04 Å². The van der Waals surface area contributed by atoms with Gasteiger partial charge in [0.1, 0.15) is 11.8 Å². The van der Waals surface area contributed by atoms with Crippen molar-refractivity contribution < 1.29 is 14.3 Å². The van der Waals surface area contributed by atoms with Crippen molar-refractivity contribution in [3.8, 4) is 5.75 Å². The fraction of sp³-hybridized carbons (Fsp3) is 0.310. The minimum atomic E-state index is -0.631. The molecule has 3 aromatic rings. The van der Waals surface area contributed by atoms with E-state index >= 15 is 0 Å². The van der Waals surface area contributed by atoms with Gasteiger partial charge in [0.2, 0.25) is 11.8 Å². The third-order valence-corrected chi connectivity index (χ3v) is 6.96. The van der Waals surface area contributed by atoms with Gasteiger partial charge in [0.05, 0.1) is 12.9 Å². The van der Waals surface area contributed by atoms with E-state index in [4.69, 9.17) is 16.3 Å². The van der Waals surface area contributed by atoms with Crippen LogP contribution in [0.25, 0.3) is 0 Å². The average Bonchev–Trinajstić information content (AvgIpc) is 2.91. The summed E-state index contributed by atoms with van der Waals surface area (Å²) in [7, 11) is 1.62. The standard InChI is InChI=1S/C29H33ClN2O3S/c1-3-16-31-29(34)27(18-22-8-5-4-6-9-22)32(19-24-10-7-11-26(17-24)35-2)28(33)21-36-20-23-12-14-25(30)15-13-23/h4-15,17,27H,3,16,18-21H2,1-2H3,(H,31,34)/t27-/m1/s1. The van der Waals surface area contributed by atoms with Gasteiger partial charge >= 0.3 is 0 Å². The lowest BCUT2D eigenvalue weighted by atomic mass is 10.0. The van der Waals surface area contributed by atoms with Crippen molar-refractivity contribution in [2.24, 2.45) is 0 Å². The zero-order chi connectivity index (χ0) is 25.8. The fourth-order valence-electron chi connectivity index (χ4n) is 3.81. The van der Waals surface area contributed by atoms with Gasteiger partial charge in [-0.15, -0.1) is 11.8 Å². The van der Waals surface area contributed by atoms with Gasteiger partial charge in [0.25, 0.3) is 0 Å². The number of halogens is 1. The Kier molecular flexibility index (Phi) is 11.2. The monoisotopic (exact) mass is 524 g/mol. The number of carbonyl (C=O) groups is 2. The maximum atomic E-state index is 13.6. The Morgan fingerprint density at radius 3 is 2.39 bits per heavy atom. The van der Waals surface area contributed by atoms with Crippen molar-refractivity contribution in [2.45, 2.75) is 38.1 Å². The average molecular weight is 525 g/mol.